The number of hydrogen-bond donors (Lipinski definition) is 7. The summed E-state index contributed by atoms with van der Waals surface area (Å²) >= 11 is 0. The van der Waals surface area contributed by atoms with Crippen molar-refractivity contribution >= 4 is 24.0 Å². The monoisotopic (exact) mass is 250 g/mol. The molecule has 0 fully saturated rings. The Balaban J connectivity index is 0. The summed E-state index contributed by atoms with van der Waals surface area (Å²) in [6.07, 6.45) is 1.10. The molecule has 0 aliphatic carbocycles. The fourth-order valence-corrected chi connectivity index (χ4v) is 0.402. The van der Waals surface area contributed by atoms with Gasteiger partial charge in [0.15, 0.2) is 0 Å². The van der Waals surface area contributed by atoms with Gasteiger partial charge in [-0.25, -0.2) is 31.4 Å². The molecular formula is C6H14N6O5. The van der Waals surface area contributed by atoms with Gasteiger partial charge in [-0.1, -0.05) is 0 Å². The van der Waals surface area contributed by atoms with Gasteiger partial charge in [-0.2, -0.15) is 10.2 Å². The summed E-state index contributed by atoms with van der Waals surface area (Å²) in [5, 5.41) is 29.9. The van der Waals surface area contributed by atoms with Gasteiger partial charge < -0.3 is 5.11 Å². The van der Waals surface area contributed by atoms with Crippen LogP contribution in [0.15, 0.2) is 10.2 Å². The maximum Gasteiger partial charge on any atom is 0.358 e. The van der Waals surface area contributed by atoms with E-state index in [1.54, 1.807) is 0 Å². The van der Waals surface area contributed by atoms with Crippen molar-refractivity contribution in [3.05, 3.63) is 0 Å². The van der Waals surface area contributed by atoms with E-state index >= 15 is 0 Å². The molecule has 0 unspecified atom stereocenters. The van der Waals surface area contributed by atoms with Gasteiger partial charge >= 0.3 is 12.1 Å². The van der Waals surface area contributed by atoms with E-state index in [2.05, 4.69) is 10.2 Å². The zero-order valence-electron chi connectivity index (χ0n) is 9.13. The highest BCUT2D eigenvalue weighted by Crippen LogP contribution is 1.71. The average molecular weight is 250 g/mol. The first-order valence-electron chi connectivity index (χ1n) is 4.02. The highest BCUT2D eigenvalue weighted by molar-refractivity contribution is 6.29. The Morgan fingerprint density at radius 3 is 2.00 bits per heavy atom. The number of hydroxylamine groups is 2. The van der Waals surface area contributed by atoms with E-state index in [1.165, 1.54) is 17.9 Å². The minimum Gasteiger partial charge on any atom is -0.400 e. The lowest BCUT2D eigenvalue weighted by Gasteiger charge is -1.97. The highest BCUT2D eigenvalue weighted by Gasteiger charge is 1.94. The van der Waals surface area contributed by atoms with Crippen molar-refractivity contribution in [3.8, 4) is 0 Å². The normalized spacial score (nSPS) is 10.1. The number of aliphatic hydroxyl groups excluding tert-OH is 1. The van der Waals surface area contributed by atoms with Crippen molar-refractivity contribution < 1.29 is 25.1 Å². The summed E-state index contributed by atoms with van der Waals surface area (Å²) in [5.74, 6) is 0. The topological polar surface area (TPSA) is 168 Å². The number of carbonyl (C=O) groups excluding carboxylic acids is 2. The van der Waals surface area contributed by atoms with E-state index in [0.29, 0.717) is 0 Å². The first-order valence-corrected chi connectivity index (χ1v) is 4.02. The molecule has 0 radical (unpaired) electrons. The van der Waals surface area contributed by atoms with Crippen LogP contribution in [0.4, 0.5) is 9.59 Å². The summed E-state index contributed by atoms with van der Waals surface area (Å²) in [5.41, 5.74) is 6.60. The van der Waals surface area contributed by atoms with Crippen LogP contribution in [0.1, 0.15) is 6.92 Å². The highest BCUT2D eigenvalue weighted by atomic mass is 16.5. The Bertz CT molecular complexity index is 291. The Morgan fingerprint density at radius 1 is 1.06 bits per heavy atom. The van der Waals surface area contributed by atoms with Crippen LogP contribution < -0.4 is 21.8 Å². The van der Waals surface area contributed by atoms with Gasteiger partial charge in [-0.3, -0.25) is 10.4 Å². The van der Waals surface area contributed by atoms with E-state index in [9.17, 15) is 9.59 Å². The van der Waals surface area contributed by atoms with E-state index in [4.69, 9.17) is 15.5 Å². The molecule has 0 heterocycles. The van der Waals surface area contributed by atoms with Crippen molar-refractivity contribution in [2.45, 2.75) is 6.92 Å². The molecule has 0 aromatic heterocycles. The summed E-state index contributed by atoms with van der Waals surface area (Å²) < 4.78 is 0. The lowest BCUT2D eigenvalue weighted by Crippen LogP contribution is -2.31. The molecule has 0 rings (SSSR count). The number of carbonyl (C=O) groups is 2. The molecule has 4 amide bonds. The summed E-state index contributed by atoms with van der Waals surface area (Å²) in [6, 6.07) is -1.83. The van der Waals surface area contributed by atoms with Crippen molar-refractivity contribution in [3.63, 3.8) is 0 Å². The molecular weight excluding hydrogens is 236 g/mol. The zero-order chi connectivity index (χ0) is 13.7. The molecule has 0 aromatic carbocycles. The number of amides is 4. The Kier molecular flexibility index (Phi) is 11.9. The molecule has 0 atom stereocenters. The fourth-order valence-electron chi connectivity index (χ4n) is 0.402. The van der Waals surface area contributed by atoms with Crippen LogP contribution in [0, 0.1) is 0 Å². The van der Waals surface area contributed by atoms with Crippen LogP contribution >= 0.6 is 0 Å². The number of urea groups is 2. The van der Waals surface area contributed by atoms with Gasteiger partial charge in [-0.05, 0) is 6.92 Å². The largest absolute Gasteiger partial charge is 0.400 e. The van der Waals surface area contributed by atoms with Crippen LogP contribution in [-0.4, -0.2) is 46.6 Å². The minimum absolute atomic E-state index is 0.247. The maximum absolute atomic E-state index is 10.4. The van der Waals surface area contributed by atoms with Gasteiger partial charge in [0.2, 0.25) is 0 Å². The lowest BCUT2D eigenvalue weighted by molar-refractivity contribution is 0.162. The third kappa shape index (κ3) is 11.7. The predicted molar refractivity (Wildman–Crippen MR) is 56.7 cm³/mol. The third-order valence-corrected chi connectivity index (χ3v) is 0.954. The Morgan fingerprint density at radius 2 is 1.53 bits per heavy atom. The van der Waals surface area contributed by atoms with Crippen molar-refractivity contribution in [2.75, 3.05) is 7.11 Å². The molecule has 0 saturated carbocycles. The van der Waals surface area contributed by atoms with Gasteiger partial charge in [0, 0.05) is 7.11 Å². The van der Waals surface area contributed by atoms with Crippen LogP contribution in [-0.2, 0) is 0 Å². The first-order chi connectivity index (χ1) is 8.10. The second-order valence-corrected chi connectivity index (χ2v) is 2.12. The van der Waals surface area contributed by atoms with E-state index in [-0.39, 0.29) is 5.71 Å². The number of hydrazone groups is 2. The van der Waals surface area contributed by atoms with E-state index in [0.717, 1.165) is 13.3 Å². The Labute approximate surface area is 96.1 Å². The predicted octanol–water partition coefficient (Wildman–Crippen LogP) is -1.67. The Hall–Kier alpha value is -2.24. The van der Waals surface area contributed by atoms with Crippen molar-refractivity contribution in [1.29, 1.82) is 0 Å². The van der Waals surface area contributed by atoms with Crippen LogP contribution in [0.25, 0.3) is 0 Å². The number of nitrogens with zero attached hydrogens (tertiary/aromatic N) is 2. The van der Waals surface area contributed by atoms with Gasteiger partial charge in [0.05, 0.1) is 11.9 Å². The summed E-state index contributed by atoms with van der Waals surface area (Å²) in [7, 11) is 1.00. The SMILES string of the molecule is CC(/C=N/NC(=O)NO)=N\NC(=O)NO.CO. The average Bonchev–Trinajstić information content (AvgIpc) is 2.37. The van der Waals surface area contributed by atoms with Gasteiger partial charge in [0.25, 0.3) is 0 Å². The molecule has 11 nitrogen and oxygen atoms in total. The standard InChI is InChI=1S/C5H10N6O4.CH4O/c1-3(7-9-5(13)11-15)2-6-8-4(12)10-14;1-2/h2,14-15H,1H3,(H2,8,10,12)(H2,9,11,13);2H,1H3/b6-2+,7-3+;. The molecule has 11 heteroatoms. The minimum atomic E-state index is -0.917. The zero-order valence-corrected chi connectivity index (χ0v) is 9.13. The van der Waals surface area contributed by atoms with Crippen molar-refractivity contribution in [2.24, 2.45) is 10.2 Å². The summed E-state index contributed by atoms with van der Waals surface area (Å²) in [6.45, 7) is 1.47. The van der Waals surface area contributed by atoms with Gasteiger partial charge in [0.1, 0.15) is 0 Å². The maximum atomic E-state index is 10.4. The quantitative estimate of drug-likeness (QED) is 0.180. The molecule has 0 aromatic rings. The number of aliphatic hydroxyl groups is 1. The number of nitrogens with one attached hydrogen (secondary N) is 4. The first kappa shape index (κ1) is 17.2. The van der Waals surface area contributed by atoms with E-state index < -0.39 is 12.1 Å². The van der Waals surface area contributed by atoms with E-state index in [1.807, 2.05) is 10.9 Å². The second-order valence-electron chi connectivity index (χ2n) is 2.12. The molecule has 98 valence electrons. The molecule has 0 spiro atoms. The van der Waals surface area contributed by atoms with Crippen molar-refractivity contribution in [1.82, 2.24) is 21.8 Å². The van der Waals surface area contributed by atoms with Crippen LogP contribution in [0.5, 0.6) is 0 Å². The molecule has 0 aliphatic heterocycles. The molecule has 0 saturated heterocycles. The lowest BCUT2D eigenvalue weighted by atomic mass is 10.5. The molecule has 0 bridgehead atoms. The van der Waals surface area contributed by atoms with Gasteiger partial charge in [-0.15, -0.1) is 0 Å². The number of rotatable bonds is 3. The molecule has 0 aliphatic rings. The van der Waals surface area contributed by atoms with Crippen LogP contribution in [0.3, 0.4) is 0 Å². The smallest absolute Gasteiger partial charge is 0.358 e. The molecule has 17 heavy (non-hydrogen) atoms. The number of hydrogen-bond acceptors (Lipinski definition) is 7. The third-order valence-electron chi connectivity index (χ3n) is 0.954. The fraction of sp³-hybridized carbons (Fsp3) is 0.333. The van der Waals surface area contributed by atoms with Crippen LogP contribution in [0.2, 0.25) is 0 Å². The molecule has 7 N–H and O–H groups in total. The second kappa shape index (κ2) is 11.8. The summed E-state index contributed by atoms with van der Waals surface area (Å²) in [4.78, 5) is 20.8.